The Kier molecular flexibility index (Phi) is 5.23. The molecule has 4 rings (SSSR count). The minimum Gasteiger partial charge on any atom is -0.506 e. The molecule has 9 heteroatoms. The van der Waals surface area contributed by atoms with Crippen LogP contribution in [0.4, 0.5) is 0 Å². The number of rotatable bonds is 4. The van der Waals surface area contributed by atoms with E-state index in [9.17, 15) is 24.6 Å². The summed E-state index contributed by atoms with van der Waals surface area (Å²) in [6.07, 6.45) is 0. The van der Waals surface area contributed by atoms with Crippen molar-refractivity contribution >= 4 is 33.4 Å². The standard InChI is InChI=1S/C23H20N4O5/c1-3-27-16-11-7-5-9-14(16)20(29)18(23(27)32)22(31)26-25-12(2)17-19(28)13-8-4-6-10-15(13)24-21(17)30/h4-11,29H,3H2,1-2H3,(H,26,31)(H2,24,28,30). The molecule has 0 bridgehead atoms. The number of hydrazone groups is 1. The number of amides is 1. The van der Waals surface area contributed by atoms with E-state index in [0.717, 1.165) is 0 Å². The molecule has 0 atom stereocenters. The maximum absolute atomic E-state index is 12.8. The van der Waals surface area contributed by atoms with E-state index in [0.29, 0.717) is 28.4 Å². The molecule has 0 unspecified atom stereocenters. The number of H-pyrrole nitrogens is 1. The van der Waals surface area contributed by atoms with Crippen molar-refractivity contribution in [2.24, 2.45) is 5.10 Å². The third-order valence-corrected chi connectivity index (χ3v) is 5.27. The summed E-state index contributed by atoms with van der Waals surface area (Å²) in [5.41, 5.74) is 1.37. The molecule has 9 nitrogen and oxygen atoms in total. The number of nitrogens with zero attached hydrogens (tertiary/aromatic N) is 2. The molecule has 0 aliphatic carbocycles. The first-order chi connectivity index (χ1) is 15.3. The molecule has 2 heterocycles. The number of carbonyl (C=O) groups is 1. The van der Waals surface area contributed by atoms with Crippen molar-refractivity contribution < 1.29 is 15.0 Å². The zero-order valence-corrected chi connectivity index (χ0v) is 17.3. The van der Waals surface area contributed by atoms with Crippen LogP contribution in [0.15, 0.2) is 63.2 Å². The maximum Gasteiger partial charge on any atom is 0.280 e. The van der Waals surface area contributed by atoms with Crippen LogP contribution in [0, 0.1) is 0 Å². The molecule has 4 aromatic rings. The van der Waals surface area contributed by atoms with Gasteiger partial charge in [0, 0.05) is 17.3 Å². The van der Waals surface area contributed by atoms with E-state index in [2.05, 4.69) is 15.5 Å². The highest BCUT2D eigenvalue weighted by Gasteiger charge is 2.22. The topological polar surface area (TPSA) is 137 Å². The van der Waals surface area contributed by atoms with E-state index in [-0.39, 0.29) is 17.0 Å². The van der Waals surface area contributed by atoms with Gasteiger partial charge in [-0.05, 0) is 38.1 Å². The van der Waals surface area contributed by atoms with E-state index < -0.39 is 28.3 Å². The molecule has 0 radical (unpaired) electrons. The van der Waals surface area contributed by atoms with Crippen LogP contribution in [-0.4, -0.2) is 31.4 Å². The molecule has 1 amide bonds. The third kappa shape index (κ3) is 3.29. The smallest absolute Gasteiger partial charge is 0.280 e. The average molecular weight is 432 g/mol. The first-order valence-corrected chi connectivity index (χ1v) is 9.88. The lowest BCUT2D eigenvalue weighted by molar-refractivity contribution is 0.0950. The van der Waals surface area contributed by atoms with Gasteiger partial charge in [-0.2, -0.15) is 5.10 Å². The monoisotopic (exact) mass is 432 g/mol. The Bertz CT molecular complexity index is 1530. The molecule has 4 N–H and O–H groups in total. The maximum atomic E-state index is 12.8. The average Bonchev–Trinajstić information content (AvgIpc) is 2.78. The fourth-order valence-corrected chi connectivity index (χ4v) is 3.72. The van der Waals surface area contributed by atoms with Crippen LogP contribution in [0.3, 0.4) is 0 Å². The molecule has 2 aromatic carbocycles. The molecular formula is C23H20N4O5. The van der Waals surface area contributed by atoms with Crippen LogP contribution in [0.2, 0.25) is 0 Å². The van der Waals surface area contributed by atoms with Crippen molar-refractivity contribution in [3.8, 4) is 11.5 Å². The second kappa shape index (κ2) is 8.03. The number of nitrogens with one attached hydrogen (secondary N) is 2. The highest BCUT2D eigenvalue weighted by atomic mass is 16.3. The van der Waals surface area contributed by atoms with Crippen molar-refractivity contribution in [1.29, 1.82) is 0 Å². The van der Waals surface area contributed by atoms with Crippen LogP contribution in [0.25, 0.3) is 21.8 Å². The quantitative estimate of drug-likeness (QED) is 0.290. The Morgan fingerprint density at radius 3 is 2.34 bits per heavy atom. The number of pyridine rings is 2. The first kappa shape index (κ1) is 20.9. The summed E-state index contributed by atoms with van der Waals surface area (Å²) in [4.78, 5) is 40.7. The minimum atomic E-state index is -0.934. The zero-order chi connectivity index (χ0) is 23.0. The van der Waals surface area contributed by atoms with Gasteiger partial charge in [-0.25, -0.2) is 5.43 Å². The second-order valence-electron chi connectivity index (χ2n) is 7.15. The van der Waals surface area contributed by atoms with E-state index >= 15 is 0 Å². The number of hydrogen-bond acceptors (Lipinski definition) is 6. The summed E-state index contributed by atoms with van der Waals surface area (Å²) in [5, 5.41) is 25.8. The zero-order valence-electron chi connectivity index (χ0n) is 17.3. The number of aryl methyl sites for hydroxylation is 1. The van der Waals surface area contributed by atoms with E-state index in [1.807, 2.05) is 0 Å². The van der Waals surface area contributed by atoms with Gasteiger partial charge in [-0.1, -0.05) is 24.3 Å². The normalized spacial score (nSPS) is 11.8. The summed E-state index contributed by atoms with van der Waals surface area (Å²) in [6, 6.07) is 13.4. The van der Waals surface area contributed by atoms with Gasteiger partial charge in [-0.3, -0.25) is 14.4 Å². The van der Waals surface area contributed by atoms with Gasteiger partial charge >= 0.3 is 0 Å². The van der Waals surface area contributed by atoms with Crippen molar-refractivity contribution in [2.45, 2.75) is 20.4 Å². The van der Waals surface area contributed by atoms with Gasteiger partial charge in [0.2, 0.25) is 0 Å². The lowest BCUT2D eigenvalue weighted by atomic mass is 10.1. The number of para-hydroxylation sites is 2. The van der Waals surface area contributed by atoms with Gasteiger partial charge in [0.25, 0.3) is 17.0 Å². The lowest BCUT2D eigenvalue weighted by Crippen LogP contribution is -2.32. The summed E-state index contributed by atoms with van der Waals surface area (Å²) >= 11 is 0. The third-order valence-electron chi connectivity index (χ3n) is 5.27. The summed E-state index contributed by atoms with van der Waals surface area (Å²) in [7, 11) is 0. The Labute approximate surface area is 181 Å². The van der Waals surface area contributed by atoms with Crippen molar-refractivity contribution in [1.82, 2.24) is 15.0 Å². The first-order valence-electron chi connectivity index (χ1n) is 9.88. The van der Waals surface area contributed by atoms with Gasteiger partial charge in [0.15, 0.2) is 0 Å². The van der Waals surface area contributed by atoms with Gasteiger partial charge in [0.05, 0.1) is 16.7 Å². The fourth-order valence-electron chi connectivity index (χ4n) is 3.72. The summed E-state index contributed by atoms with van der Waals surface area (Å²) in [5.74, 6) is -1.66. The number of aromatic amines is 1. The SMILES string of the molecule is CCn1c(=O)c(C(=O)NN=C(C)c2c(O)c3ccccc3[nH]c2=O)c(O)c2ccccc21. The van der Waals surface area contributed by atoms with Crippen molar-refractivity contribution in [2.75, 3.05) is 0 Å². The molecule has 0 saturated heterocycles. The van der Waals surface area contributed by atoms with Gasteiger partial charge < -0.3 is 19.8 Å². The van der Waals surface area contributed by atoms with Crippen LogP contribution in [0.1, 0.15) is 29.8 Å². The number of fused-ring (bicyclic) bond motifs is 2. The number of aromatic nitrogens is 2. The summed E-state index contributed by atoms with van der Waals surface area (Å²) < 4.78 is 1.38. The predicted octanol–water partition coefficient (Wildman–Crippen LogP) is 2.43. The van der Waals surface area contributed by atoms with Gasteiger partial charge in [-0.15, -0.1) is 0 Å². The molecular weight excluding hydrogens is 412 g/mol. The molecule has 162 valence electrons. The number of benzene rings is 2. The molecule has 0 spiro atoms. The number of carbonyl (C=O) groups excluding carboxylic acids is 1. The molecule has 0 fully saturated rings. The second-order valence-corrected chi connectivity index (χ2v) is 7.15. The van der Waals surface area contributed by atoms with Crippen LogP contribution < -0.4 is 16.5 Å². The molecule has 0 saturated carbocycles. The lowest BCUT2D eigenvalue weighted by Gasteiger charge is -2.13. The van der Waals surface area contributed by atoms with Crippen LogP contribution in [-0.2, 0) is 6.54 Å². The number of aromatic hydroxyl groups is 2. The van der Waals surface area contributed by atoms with E-state index in [1.165, 1.54) is 11.5 Å². The largest absolute Gasteiger partial charge is 0.506 e. The van der Waals surface area contributed by atoms with E-state index in [4.69, 9.17) is 0 Å². The Hall–Kier alpha value is -4.40. The molecule has 0 aliphatic heterocycles. The Balaban J connectivity index is 1.76. The fraction of sp³-hybridized carbons (Fsp3) is 0.130. The Morgan fingerprint density at radius 2 is 1.62 bits per heavy atom. The van der Waals surface area contributed by atoms with Crippen LogP contribution >= 0.6 is 0 Å². The molecule has 2 aromatic heterocycles. The summed E-state index contributed by atoms with van der Waals surface area (Å²) in [6.45, 7) is 3.48. The predicted molar refractivity (Wildman–Crippen MR) is 121 cm³/mol. The minimum absolute atomic E-state index is 0.0268. The van der Waals surface area contributed by atoms with Gasteiger partial charge in [0.1, 0.15) is 22.6 Å². The molecule has 0 aliphatic rings. The molecule has 32 heavy (non-hydrogen) atoms. The highest BCUT2D eigenvalue weighted by Crippen LogP contribution is 2.27. The number of hydrogen-bond donors (Lipinski definition) is 4. The van der Waals surface area contributed by atoms with Crippen molar-refractivity contribution in [3.63, 3.8) is 0 Å². The van der Waals surface area contributed by atoms with Crippen molar-refractivity contribution in [3.05, 3.63) is 80.4 Å². The highest BCUT2D eigenvalue weighted by molar-refractivity contribution is 6.07. The Morgan fingerprint density at radius 1 is 1.00 bits per heavy atom. The van der Waals surface area contributed by atoms with E-state index in [1.54, 1.807) is 55.5 Å². The van der Waals surface area contributed by atoms with Crippen LogP contribution in [0.5, 0.6) is 11.5 Å².